The van der Waals surface area contributed by atoms with Gasteiger partial charge >= 0.3 is 5.97 Å². The molecule has 5 rings (SSSR count). The van der Waals surface area contributed by atoms with Crippen molar-refractivity contribution in [3.8, 4) is 0 Å². The number of rotatable bonds is 10. The van der Waals surface area contributed by atoms with Crippen molar-refractivity contribution in [2.24, 2.45) is 5.92 Å². The number of nitrogens with two attached hydrogens (primary N) is 1. The van der Waals surface area contributed by atoms with E-state index >= 15 is 0 Å². The number of anilines is 1. The molecule has 0 bridgehead atoms. The molecule has 1 aromatic heterocycles. The summed E-state index contributed by atoms with van der Waals surface area (Å²) in [6.07, 6.45) is 5.70. The highest BCUT2D eigenvalue weighted by molar-refractivity contribution is 5.92. The Labute approximate surface area is 227 Å². The molecule has 2 amide bonds. The molecule has 0 spiro atoms. The van der Waals surface area contributed by atoms with Gasteiger partial charge in [-0.2, -0.15) is 0 Å². The molecule has 2 aliphatic rings. The van der Waals surface area contributed by atoms with Gasteiger partial charge in [0.1, 0.15) is 12.6 Å². The topological polar surface area (TPSA) is 140 Å². The Hall–Kier alpha value is -3.92. The number of nitrogens with one attached hydrogen (secondary N) is 2. The predicted octanol–water partition coefficient (Wildman–Crippen LogP) is 2.91. The standard InChI is InChI=1S/C29H35N5O5/c30-27-22-12-11-20(15-24(22)39-33-27)16-32-28(36)23-13-14-34(23)29(37)26(21-9-5-2-6-10-21)31-17-25(35)38-18-19-7-3-1-4-8-19/h1,3-4,7-8,11-12,15,21,23,26,31H,2,5-6,9-10,13-14,16-18H2,(H2,30,33)(H,32,36)/t23-,26+/m0/s1. The number of hydrogen-bond acceptors (Lipinski definition) is 8. The van der Waals surface area contributed by atoms with Gasteiger partial charge in [-0.25, -0.2) is 0 Å². The first-order valence-corrected chi connectivity index (χ1v) is 13.6. The Morgan fingerprint density at radius 1 is 1.05 bits per heavy atom. The molecule has 4 N–H and O–H groups in total. The van der Waals surface area contributed by atoms with Crippen molar-refractivity contribution in [2.75, 3.05) is 18.8 Å². The van der Waals surface area contributed by atoms with Crippen LogP contribution in [0.2, 0.25) is 0 Å². The van der Waals surface area contributed by atoms with Crippen LogP contribution in [-0.2, 0) is 32.3 Å². The Balaban J connectivity index is 1.17. The van der Waals surface area contributed by atoms with E-state index in [4.69, 9.17) is 15.0 Å². The van der Waals surface area contributed by atoms with E-state index in [0.29, 0.717) is 30.9 Å². The number of fused-ring (bicyclic) bond motifs is 1. The zero-order valence-electron chi connectivity index (χ0n) is 21.9. The van der Waals surface area contributed by atoms with Crippen LogP contribution < -0.4 is 16.4 Å². The van der Waals surface area contributed by atoms with E-state index < -0.39 is 18.1 Å². The number of aromatic nitrogens is 1. The number of benzene rings is 2. The van der Waals surface area contributed by atoms with Crippen LogP contribution in [0.15, 0.2) is 53.1 Å². The number of ether oxygens (including phenoxy) is 1. The van der Waals surface area contributed by atoms with Gasteiger partial charge in [0.05, 0.1) is 18.0 Å². The summed E-state index contributed by atoms with van der Waals surface area (Å²) >= 11 is 0. The van der Waals surface area contributed by atoms with E-state index in [-0.39, 0.29) is 30.9 Å². The molecule has 0 unspecified atom stereocenters. The molecular weight excluding hydrogens is 498 g/mol. The highest BCUT2D eigenvalue weighted by Crippen LogP contribution is 2.30. The average Bonchev–Trinajstić information content (AvgIpc) is 3.31. The van der Waals surface area contributed by atoms with Gasteiger partial charge in [-0.05, 0) is 48.4 Å². The van der Waals surface area contributed by atoms with Gasteiger partial charge in [0.15, 0.2) is 11.4 Å². The zero-order chi connectivity index (χ0) is 27.2. The molecule has 1 aliphatic carbocycles. The second-order valence-electron chi connectivity index (χ2n) is 10.4. The summed E-state index contributed by atoms with van der Waals surface area (Å²) in [5.74, 6) is -0.275. The molecular formula is C29H35N5O5. The number of amides is 2. The molecule has 1 aliphatic heterocycles. The third-order valence-corrected chi connectivity index (χ3v) is 7.73. The van der Waals surface area contributed by atoms with Crippen LogP contribution in [0.3, 0.4) is 0 Å². The van der Waals surface area contributed by atoms with Gasteiger partial charge < -0.3 is 25.2 Å². The summed E-state index contributed by atoms with van der Waals surface area (Å²) in [5.41, 5.74) is 8.08. The summed E-state index contributed by atoms with van der Waals surface area (Å²) in [5, 5.41) is 10.6. The van der Waals surface area contributed by atoms with E-state index in [2.05, 4.69) is 15.8 Å². The number of likely N-dealkylation sites (tertiary alicyclic amines) is 1. The molecule has 1 saturated carbocycles. The van der Waals surface area contributed by atoms with Crippen molar-refractivity contribution in [1.29, 1.82) is 0 Å². The molecule has 2 atom stereocenters. The number of esters is 1. The Morgan fingerprint density at radius 2 is 1.85 bits per heavy atom. The van der Waals surface area contributed by atoms with Crippen LogP contribution in [0.25, 0.3) is 11.0 Å². The predicted molar refractivity (Wildman–Crippen MR) is 145 cm³/mol. The normalized spacial score (nSPS) is 18.4. The fraction of sp³-hybridized carbons (Fsp3) is 0.448. The number of hydrogen-bond donors (Lipinski definition) is 3. The molecule has 2 aromatic carbocycles. The third-order valence-electron chi connectivity index (χ3n) is 7.73. The summed E-state index contributed by atoms with van der Waals surface area (Å²) < 4.78 is 10.6. The average molecular weight is 534 g/mol. The Kier molecular flexibility index (Phi) is 8.41. The molecule has 2 fully saturated rings. The fourth-order valence-electron chi connectivity index (χ4n) is 5.43. The number of carbonyl (C=O) groups excluding carboxylic acids is 3. The second kappa shape index (κ2) is 12.3. The quantitative estimate of drug-likeness (QED) is 0.338. The largest absolute Gasteiger partial charge is 0.460 e. The van der Waals surface area contributed by atoms with E-state index in [1.54, 1.807) is 11.0 Å². The van der Waals surface area contributed by atoms with Crippen molar-refractivity contribution in [3.05, 3.63) is 59.7 Å². The molecule has 0 radical (unpaired) electrons. The summed E-state index contributed by atoms with van der Waals surface area (Å²) in [4.78, 5) is 40.8. The lowest BCUT2D eigenvalue weighted by molar-refractivity contribution is -0.151. The van der Waals surface area contributed by atoms with Crippen molar-refractivity contribution in [1.82, 2.24) is 20.7 Å². The Bertz CT molecular complexity index is 1300. The van der Waals surface area contributed by atoms with Crippen molar-refractivity contribution in [2.45, 2.75) is 63.8 Å². The van der Waals surface area contributed by atoms with Gasteiger partial charge in [0, 0.05) is 13.1 Å². The monoisotopic (exact) mass is 533 g/mol. The minimum absolute atomic E-state index is 0.0565. The highest BCUT2D eigenvalue weighted by atomic mass is 16.5. The molecule has 3 aromatic rings. The van der Waals surface area contributed by atoms with Crippen LogP contribution in [0.5, 0.6) is 0 Å². The SMILES string of the molecule is Nc1noc2cc(CNC(=O)[C@@H]3CCN3C(=O)[C@H](NCC(=O)OCc3ccccc3)C3CCCCC3)ccc12. The van der Waals surface area contributed by atoms with Crippen molar-refractivity contribution >= 4 is 34.6 Å². The maximum atomic E-state index is 13.7. The molecule has 206 valence electrons. The Morgan fingerprint density at radius 3 is 2.59 bits per heavy atom. The second-order valence-corrected chi connectivity index (χ2v) is 10.4. The molecule has 1 saturated heterocycles. The van der Waals surface area contributed by atoms with Crippen molar-refractivity contribution < 1.29 is 23.6 Å². The lowest BCUT2D eigenvalue weighted by Crippen LogP contribution is -2.63. The minimum Gasteiger partial charge on any atom is -0.460 e. The van der Waals surface area contributed by atoms with Gasteiger partial charge in [-0.3, -0.25) is 19.7 Å². The number of carbonyl (C=O) groups is 3. The van der Waals surface area contributed by atoms with Gasteiger partial charge in [-0.15, -0.1) is 0 Å². The summed E-state index contributed by atoms with van der Waals surface area (Å²) in [7, 11) is 0. The van der Waals surface area contributed by atoms with Crippen LogP contribution >= 0.6 is 0 Å². The smallest absolute Gasteiger partial charge is 0.320 e. The number of nitrogen functional groups attached to an aromatic ring is 1. The summed E-state index contributed by atoms with van der Waals surface area (Å²) in [6.45, 7) is 0.947. The van der Waals surface area contributed by atoms with Crippen LogP contribution in [-0.4, -0.2) is 53.0 Å². The first kappa shape index (κ1) is 26.7. The van der Waals surface area contributed by atoms with Gasteiger partial charge in [0.2, 0.25) is 11.8 Å². The van der Waals surface area contributed by atoms with Crippen molar-refractivity contribution in [3.63, 3.8) is 0 Å². The highest BCUT2D eigenvalue weighted by Gasteiger charge is 2.42. The first-order valence-electron chi connectivity index (χ1n) is 13.6. The van der Waals surface area contributed by atoms with E-state index in [0.717, 1.165) is 48.6 Å². The summed E-state index contributed by atoms with van der Waals surface area (Å²) in [6, 6.07) is 13.9. The minimum atomic E-state index is -0.528. The van der Waals surface area contributed by atoms with Crippen LogP contribution in [0, 0.1) is 5.92 Å². The van der Waals surface area contributed by atoms with Crippen LogP contribution in [0.1, 0.15) is 49.7 Å². The fourth-order valence-corrected chi connectivity index (χ4v) is 5.43. The van der Waals surface area contributed by atoms with Crippen LogP contribution in [0.4, 0.5) is 5.82 Å². The number of nitrogens with zero attached hydrogens (tertiary/aromatic N) is 2. The zero-order valence-corrected chi connectivity index (χ0v) is 21.9. The van der Waals surface area contributed by atoms with E-state index in [1.165, 1.54) is 0 Å². The van der Waals surface area contributed by atoms with Gasteiger partial charge in [-0.1, -0.05) is 60.8 Å². The molecule has 10 nitrogen and oxygen atoms in total. The maximum absolute atomic E-state index is 13.7. The lowest BCUT2D eigenvalue weighted by atomic mass is 9.82. The van der Waals surface area contributed by atoms with Gasteiger partial charge in [0.25, 0.3) is 0 Å². The lowest BCUT2D eigenvalue weighted by Gasteiger charge is -2.43. The molecule has 2 heterocycles. The molecule has 10 heteroatoms. The first-order chi connectivity index (χ1) is 19.0. The van der Waals surface area contributed by atoms with E-state index in [9.17, 15) is 14.4 Å². The molecule has 39 heavy (non-hydrogen) atoms. The third kappa shape index (κ3) is 6.39. The maximum Gasteiger partial charge on any atom is 0.320 e. The van der Waals surface area contributed by atoms with E-state index in [1.807, 2.05) is 42.5 Å².